The molecule has 1 heterocycles. The summed E-state index contributed by atoms with van der Waals surface area (Å²) in [7, 11) is -3.69. The van der Waals surface area contributed by atoms with Gasteiger partial charge in [0, 0.05) is 11.1 Å². The van der Waals surface area contributed by atoms with E-state index in [0.717, 1.165) is 11.1 Å². The second-order valence-electron chi connectivity index (χ2n) is 7.58. The molecule has 2 aromatic rings. The molecule has 0 saturated heterocycles. The Morgan fingerprint density at radius 2 is 1.69 bits per heavy atom. The number of hydrogen-bond acceptors (Lipinski definition) is 3. The molecule has 4 nitrogen and oxygen atoms in total. The largest absolute Gasteiger partial charge is 0.265 e. The zero-order valence-electron chi connectivity index (χ0n) is 15.6. The Morgan fingerprint density at radius 3 is 2.27 bits per heavy atom. The Kier molecular flexibility index (Phi) is 4.60. The summed E-state index contributed by atoms with van der Waals surface area (Å²) in [6, 6.07) is 14.1. The minimum absolute atomic E-state index is 0.214. The number of benzene rings is 2. The first kappa shape index (κ1) is 18.5. The van der Waals surface area contributed by atoms with Crippen LogP contribution in [0.1, 0.15) is 37.9 Å². The highest BCUT2D eigenvalue weighted by Gasteiger charge is 2.40. The third kappa shape index (κ3) is 3.11. The van der Waals surface area contributed by atoms with E-state index in [1.165, 1.54) is 4.31 Å². The Bertz CT molecular complexity index is 951. The van der Waals surface area contributed by atoms with E-state index in [0.29, 0.717) is 5.69 Å². The van der Waals surface area contributed by atoms with E-state index in [2.05, 4.69) is 5.92 Å². The number of para-hydroxylation sites is 1. The Labute approximate surface area is 156 Å². The lowest BCUT2D eigenvalue weighted by Gasteiger charge is -2.47. The molecule has 1 aliphatic heterocycles. The minimum Gasteiger partial charge on any atom is -0.262 e. The van der Waals surface area contributed by atoms with E-state index in [9.17, 15) is 8.42 Å². The van der Waals surface area contributed by atoms with E-state index < -0.39 is 10.0 Å². The Hall–Kier alpha value is -2.29. The molecule has 0 aromatic heterocycles. The highest BCUT2D eigenvalue weighted by atomic mass is 32.2. The molecule has 1 aliphatic rings. The molecule has 3 rings (SSSR count). The van der Waals surface area contributed by atoms with Gasteiger partial charge in [0.2, 0.25) is 0 Å². The fourth-order valence-corrected chi connectivity index (χ4v) is 4.67. The molecule has 0 amide bonds. The minimum atomic E-state index is -3.69. The molecule has 0 unspecified atom stereocenters. The molecule has 136 valence electrons. The third-order valence-corrected chi connectivity index (χ3v) is 6.48. The van der Waals surface area contributed by atoms with Gasteiger partial charge in [0.15, 0.2) is 0 Å². The first-order valence-electron chi connectivity index (χ1n) is 8.57. The number of fused-ring (bicyclic) bond motifs is 1. The van der Waals surface area contributed by atoms with Gasteiger partial charge in [-0.3, -0.25) is 9.21 Å². The Morgan fingerprint density at radius 1 is 1.08 bits per heavy atom. The van der Waals surface area contributed by atoms with Gasteiger partial charge in [0.05, 0.1) is 17.3 Å². The second kappa shape index (κ2) is 6.46. The highest BCUT2D eigenvalue weighted by Crippen LogP contribution is 2.41. The number of aryl methyl sites for hydroxylation is 1. The molecular weight excluding hydrogens is 344 g/mol. The predicted octanol–water partition coefficient (Wildman–Crippen LogP) is 3.94. The number of anilines is 1. The van der Waals surface area contributed by atoms with Crippen LogP contribution in [0.15, 0.2) is 53.4 Å². The van der Waals surface area contributed by atoms with Crippen LogP contribution in [-0.4, -0.2) is 25.5 Å². The van der Waals surface area contributed by atoms with Crippen LogP contribution in [-0.2, 0) is 10.0 Å². The molecule has 0 spiro atoms. The maximum Gasteiger partial charge on any atom is 0.265 e. The van der Waals surface area contributed by atoms with Gasteiger partial charge in [-0.2, -0.15) is 0 Å². The predicted molar refractivity (Wildman–Crippen MR) is 105 cm³/mol. The number of rotatable bonds is 2. The summed E-state index contributed by atoms with van der Waals surface area (Å²) in [6.45, 7) is 8.28. The van der Waals surface area contributed by atoms with Crippen LogP contribution < -0.4 is 4.31 Å². The van der Waals surface area contributed by atoms with Crippen LogP contribution in [0, 0.1) is 19.3 Å². The van der Waals surface area contributed by atoms with Gasteiger partial charge in [-0.25, -0.2) is 8.42 Å². The van der Waals surface area contributed by atoms with Crippen LogP contribution in [0.25, 0.3) is 0 Å². The zero-order valence-corrected chi connectivity index (χ0v) is 16.4. The maximum absolute atomic E-state index is 13.4. The van der Waals surface area contributed by atoms with Crippen molar-refractivity contribution in [1.29, 1.82) is 0 Å². The number of nitrogens with zero attached hydrogens (tertiary/aromatic N) is 2. The van der Waals surface area contributed by atoms with Gasteiger partial charge in [0.25, 0.3) is 10.0 Å². The molecule has 0 aliphatic carbocycles. The summed E-state index contributed by atoms with van der Waals surface area (Å²) in [4.78, 5) is 2.33. The van der Waals surface area contributed by atoms with Crippen molar-refractivity contribution >= 4 is 15.7 Å². The first-order valence-corrected chi connectivity index (χ1v) is 10.0. The van der Waals surface area contributed by atoms with Crippen molar-refractivity contribution in [3.8, 4) is 12.3 Å². The summed E-state index contributed by atoms with van der Waals surface area (Å²) in [5.74, 6) is 2.84. The van der Waals surface area contributed by atoms with Crippen molar-refractivity contribution < 1.29 is 8.42 Å². The number of hydrogen-bond donors (Lipinski definition) is 0. The topological polar surface area (TPSA) is 40.6 Å². The van der Waals surface area contributed by atoms with Gasteiger partial charge in [-0.05, 0) is 45.9 Å². The van der Waals surface area contributed by atoms with E-state index in [1.807, 2.05) is 69.0 Å². The van der Waals surface area contributed by atoms with Crippen molar-refractivity contribution in [2.24, 2.45) is 0 Å². The molecule has 0 saturated carbocycles. The van der Waals surface area contributed by atoms with Gasteiger partial charge in [0.1, 0.15) is 6.04 Å². The van der Waals surface area contributed by atoms with Crippen LogP contribution in [0.3, 0.4) is 0 Å². The average molecular weight is 369 g/mol. The van der Waals surface area contributed by atoms with Gasteiger partial charge < -0.3 is 0 Å². The van der Waals surface area contributed by atoms with Crippen molar-refractivity contribution in [1.82, 2.24) is 4.90 Å². The molecule has 0 radical (unpaired) electrons. The quantitative estimate of drug-likeness (QED) is 0.754. The fourth-order valence-electron chi connectivity index (χ4n) is 3.23. The van der Waals surface area contributed by atoms with E-state index >= 15 is 0 Å². The van der Waals surface area contributed by atoms with Gasteiger partial charge in [-0.1, -0.05) is 41.8 Å². The van der Waals surface area contributed by atoms with Crippen LogP contribution >= 0.6 is 0 Å². The van der Waals surface area contributed by atoms with Crippen molar-refractivity contribution in [2.75, 3.05) is 11.0 Å². The Balaban J connectivity index is 2.18. The smallest absolute Gasteiger partial charge is 0.262 e. The van der Waals surface area contributed by atoms with Crippen LogP contribution in [0.5, 0.6) is 0 Å². The molecule has 2 aromatic carbocycles. The number of terminal acetylenes is 1. The lowest BCUT2D eigenvalue weighted by atomic mass is 9.96. The summed E-state index contributed by atoms with van der Waals surface area (Å²) < 4.78 is 28.2. The van der Waals surface area contributed by atoms with E-state index in [4.69, 9.17) is 6.42 Å². The number of sulfonamides is 1. The van der Waals surface area contributed by atoms with E-state index in [1.54, 1.807) is 12.1 Å². The lowest BCUT2D eigenvalue weighted by Crippen LogP contribution is -2.54. The molecule has 0 N–H and O–H groups in total. The zero-order chi connectivity index (χ0) is 19.1. The standard InChI is InChI=1S/C21H24N2O2S/c1-6-19-18-9-7-8-10-20(18)23(15-22(19)21(3,4)5)26(24,25)17-13-11-16(2)12-14-17/h1,7-14,19H,15H2,2-5H3/t19-/m0/s1. The molecule has 0 bridgehead atoms. The maximum atomic E-state index is 13.4. The second-order valence-corrected chi connectivity index (χ2v) is 9.44. The van der Waals surface area contributed by atoms with Crippen molar-refractivity contribution in [2.45, 2.75) is 44.2 Å². The van der Waals surface area contributed by atoms with Crippen LogP contribution in [0.2, 0.25) is 0 Å². The average Bonchev–Trinajstić information content (AvgIpc) is 2.59. The highest BCUT2D eigenvalue weighted by molar-refractivity contribution is 7.92. The normalized spacial score (nSPS) is 18.3. The third-order valence-electron chi connectivity index (χ3n) is 4.72. The van der Waals surface area contributed by atoms with Crippen molar-refractivity contribution in [3.63, 3.8) is 0 Å². The van der Waals surface area contributed by atoms with Gasteiger partial charge in [-0.15, -0.1) is 6.42 Å². The first-order chi connectivity index (χ1) is 12.2. The summed E-state index contributed by atoms with van der Waals surface area (Å²) in [5.41, 5.74) is 2.22. The van der Waals surface area contributed by atoms with E-state index in [-0.39, 0.29) is 23.1 Å². The summed E-state index contributed by atoms with van der Waals surface area (Å²) in [6.07, 6.45) is 5.83. The molecule has 0 fully saturated rings. The van der Waals surface area contributed by atoms with Gasteiger partial charge >= 0.3 is 0 Å². The molecule has 1 atom stereocenters. The SMILES string of the molecule is C#C[C@H]1c2ccccc2N(S(=O)(=O)c2ccc(C)cc2)CN1C(C)(C)C. The molecule has 5 heteroatoms. The lowest BCUT2D eigenvalue weighted by molar-refractivity contribution is 0.107. The molecular formula is C21H24N2O2S. The fraction of sp³-hybridized carbons (Fsp3) is 0.333. The summed E-state index contributed by atoms with van der Waals surface area (Å²) in [5, 5.41) is 0. The monoisotopic (exact) mass is 368 g/mol. The van der Waals surface area contributed by atoms with Crippen molar-refractivity contribution in [3.05, 3.63) is 59.7 Å². The molecule has 26 heavy (non-hydrogen) atoms. The van der Waals surface area contributed by atoms with Crippen LogP contribution in [0.4, 0.5) is 5.69 Å². The summed E-state index contributed by atoms with van der Waals surface area (Å²) >= 11 is 0.